The van der Waals surface area contributed by atoms with Gasteiger partial charge in [0.15, 0.2) is 0 Å². The van der Waals surface area contributed by atoms with Gasteiger partial charge in [0.2, 0.25) is 0 Å². The van der Waals surface area contributed by atoms with E-state index < -0.39 is 0 Å². The first-order valence-electron chi connectivity index (χ1n) is 8.16. The number of rotatable bonds is 6. The molecule has 1 aliphatic rings. The van der Waals surface area contributed by atoms with E-state index in [-0.39, 0.29) is 0 Å². The van der Waals surface area contributed by atoms with Gasteiger partial charge in [-0.05, 0) is 44.4 Å². The van der Waals surface area contributed by atoms with Crippen LogP contribution in [0.3, 0.4) is 0 Å². The number of benzene rings is 1. The van der Waals surface area contributed by atoms with E-state index in [1.54, 1.807) is 0 Å². The molecule has 1 aromatic carbocycles. The van der Waals surface area contributed by atoms with Gasteiger partial charge in [0, 0.05) is 22.9 Å². The minimum absolute atomic E-state index is 0.358. The van der Waals surface area contributed by atoms with Crippen molar-refractivity contribution < 1.29 is 4.74 Å². The summed E-state index contributed by atoms with van der Waals surface area (Å²) in [5.74, 6) is 1.11. The molecule has 1 unspecified atom stereocenters. The van der Waals surface area contributed by atoms with Crippen molar-refractivity contribution >= 4 is 11.8 Å². The van der Waals surface area contributed by atoms with Crippen LogP contribution in [-0.4, -0.2) is 24.2 Å². The fraction of sp³-hybridized carbons (Fsp3) is 0.667. The van der Waals surface area contributed by atoms with Crippen molar-refractivity contribution in [3.8, 4) is 5.75 Å². The lowest BCUT2D eigenvalue weighted by molar-refractivity contribution is 0.313. The van der Waals surface area contributed by atoms with Crippen LogP contribution in [0.2, 0.25) is 0 Å². The van der Waals surface area contributed by atoms with E-state index in [2.05, 4.69) is 50.5 Å². The Morgan fingerprint density at radius 2 is 2.10 bits per heavy atom. The van der Waals surface area contributed by atoms with Gasteiger partial charge in [-0.25, -0.2) is 0 Å². The molecule has 0 bridgehead atoms. The second-order valence-corrected chi connectivity index (χ2v) is 7.29. The average molecular weight is 308 g/mol. The van der Waals surface area contributed by atoms with Crippen LogP contribution in [0.1, 0.15) is 56.7 Å². The van der Waals surface area contributed by atoms with Crippen molar-refractivity contribution in [2.45, 2.75) is 57.2 Å². The first kappa shape index (κ1) is 16.7. The van der Waals surface area contributed by atoms with E-state index in [9.17, 15) is 0 Å². The van der Waals surface area contributed by atoms with Crippen molar-refractivity contribution in [1.29, 1.82) is 0 Å². The highest BCUT2D eigenvalue weighted by Crippen LogP contribution is 2.36. The predicted molar refractivity (Wildman–Crippen MR) is 93.5 cm³/mol. The van der Waals surface area contributed by atoms with Gasteiger partial charge in [0.05, 0.1) is 6.61 Å². The van der Waals surface area contributed by atoms with Crippen molar-refractivity contribution in [1.82, 2.24) is 5.32 Å². The van der Waals surface area contributed by atoms with Crippen LogP contribution < -0.4 is 10.1 Å². The molecule has 3 heteroatoms. The van der Waals surface area contributed by atoms with Crippen LogP contribution in [0.4, 0.5) is 0 Å². The summed E-state index contributed by atoms with van der Waals surface area (Å²) in [5.41, 5.74) is 2.60. The lowest BCUT2D eigenvalue weighted by Gasteiger charge is -2.32. The predicted octanol–water partition coefficient (Wildman–Crippen LogP) is 4.72. The Kier molecular flexibility index (Phi) is 6.00. The average Bonchev–Trinajstić information content (AvgIpc) is 2.73. The monoisotopic (exact) mass is 307 g/mol. The topological polar surface area (TPSA) is 21.3 Å². The summed E-state index contributed by atoms with van der Waals surface area (Å²) in [4.78, 5) is 0. The largest absolute Gasteiger partial charge is 0.493 e. The second kappa shape index (κ2) is 7.55. The maximum absolute atomic E-state index is 5.98. The smallest absolute Gasteiger partial charge is 0.126 e. The molecule has 1 atom stereocenters. The third-order valence-electron chi connectivity index (χ3n) is 4.89. The van der Waals surface area contributed by atoms with Crippen molar-refractivity contribution in [3.05, 3.63) is 29.3 Å². The number of fused-ring (bicyclic) bond motifs is 1. The molecule has 1 N–H and O–H groups in total. The van der Waals surface area contributed by atoms with E-state index in [0.29, 0.717) is 10.8 Å². The van der Waals surface area contributed by atoms with E-state index in [1.165, 1.54) is 24.0 Å². The van der Waals surface area contributed by atoms with Gasteiger partial charge in [-0.15, -0.1) is 0 Å². The standard InChI is InChI=1S/C18H29NOS/c1-5-18(6-2,21-4)13-19-16-11-8-12-20-17-14(3)9-7-10-15(16)17/h7,9-10,16,19H,5-6,8,11-13H2,1-4H3. The summed E-state index contributed by atoms with van der Waals surface area (Å²) >= 11 is 2.00. The molecule has 21 heavy (non-hydrogen) atoms. The quantitative estimate of drug-likeness (QED) is 0.821. The number of thioether (sulfide) groups is 1. The molecule has 0 spiro atoms. The molecule has 1 aromatic rings. The number of ether oxygens (including phenoxy) is 1. The molecule has 0 aliphatic carbocycles. The van der Waals surface area contributed by atoms with Gasteiger partial charge >= 0.3 is 0 Å². The first-order valence-corrected chi connectivity index (χ1v) is 9.39. The molecule has 118 valence electrons. The SMILES string of the molecule is CCC(CC)(CNC1CCCOc2c(C)cccc21)SC. The van der Waals surface area contributed by atoms with Crippen LogP contribution in [-0.2, 0) is 0 Å². The molecule has 2 rings (SSSR count). The zero-order valence-electron chi connectivity index (χ0n) is 13.9. The van der Waals surface area contributed by atoms with Gasteiger partial charge in [-0.2, -0.15) is 11.8 Å². The molecule has 1 heterocycles. The lowest BCUT2D eigenvalue weighted by Crippen LogP contribution is -2.38. The van der Waals surface area contributed by atoms with Crippen LogP contribution in [0.15, 0.2) is 18.2 Å². The number of hydrogen-bond acceptors (Lipinski definition) is 3. The molecular weight excluding hydrogens is 278 g/mol. The van der Waals surface area contributed by atoms with Gasteiger partial charge < -0.3 is 10.1 Å². The highest BCUT2D eigenvalue weighted by Gasteiger charge is 2.27. The second-order valence-electron chi connectivity index (χ2n) is 6.01. The van der Waals surface area contributed by atoms with Crippen LogP contribution in [0.25, 0.3) is 0 Å². The molecule has 0 amide bonds. The Labute approximate surface area is 134 Å². The van der Waals surface area contributed by atoms with E-state index in [0.717, 1.165) is 31.7 Å². The number of nitrogens with one attached hydrogen (secondary N) is 1. The minimum atomic E-state index is 0.358. The third kappa shape index (κ3) is 3.75. The first-order chi connectivity index (χ1) is 10.2. The van der Waals surface area contributed by atoms with E-state index in [1.807, 2.05) is 11.8 Å². The highest BCUT2D eigenvalue weighted by atomic mass is 32.2. The van der Waals surface area contributed by atoms with Crippen LogP contribution in [0, 0.1) is 6.92 Å². The third-order valence-corrected chi connectivity index (χ3v) is 6.48. The summed E-state index contributed by atoms with van der Waals surface area (Å²) in [7, 11) is 0. The molecular formula is C18H29NOS. The van der Waals surface area contributed by atoms with Gasteiger partial charge in [0.1, 0.15) is 5.75 Å². The fourth-order valence-corrected chi connectivity index (χ4v) is 3.95. The van der Waals surface area contributed by atoms with Crippen molar-refractivity contribution in [2.24, 2.45) is 0 Å². The Morgan fingerprint density at radius 1 is 1.33 bits per heavy atom. The van der Waals surface area contributed by atoms with Crippen molar-refractivity contribution in [2.75, 3.05) is 19.4 Å². The molecule has 0 aromatic heterocycles. The zero-order valence-corrected chi connectivity index (χ0v) is 14.7. The maximum Gasteiger partial charge on any atom is 0.126 e. The Morgan fingerprint density at radius 3 is 2.76 bits per heavy atom. The molecule has 2 nitrogen and oxygen atoms in total. The number of para-hydroxylation sites is 1. The Hall–Kier alpha value is -0.670. The molecule has 0 saturated heterocycles. The summed E-state index contributed by atoms with van der Waals surface area (Å²) in [6.07, 6.45) is 6.94. The minimum Gasteiger partial charge on any atom is -0.493 e. The Bertz CT molecular complexity index is 448. The maximum atomic E-state index is 5.98. The van der Waals surface area contributed by atoms with Crippen molar-refractivity contribution in [3.63, 3.8) is 0 Å². The number of hydrogen-bond donors (Lipinski definition) is 1. The fourth-order valence-electron chi connectivity index (χ4n) is 3.15. The lowest BCUT2D eigenvalue weighted by atomic mass is 9.97. The van der Waals surface area contributed by atoms with E-state index >= 15 is 0 Å². The summed E-state index contributed by atoms with van der Waals surface area (Å²) in [6, 6.07) is 6.95. The zero-order chi connectivity index (χ0) is 15.3. The highest BCUT2D eigenvalue weighted by molar-refractivity contribution is 8.00. The van der Waals surface area contributed by atoms with Gasteiger partial charge in [0.25, 0.3) is 0 Å². The van der Waals surface area contributed by atoms with Crippen LogP contribution in [0.5, 0.6) is 5.75 Å². The normalized spacial score (nSPS) is 18.8. The number of aryl methyl sites for hydroxylation is 1. The van der Waals surface area contributed by atoms with E-state index in [4.69, 9.17) is 4.74 Å². The van der Waals surface area contributed by atoms with Gasteiger partial charge in [-0.3, -0.25) is 0 Å². The Balaban J connectivity index is 2.16. The summed E-state index contributed by atoms with van der Waals surface area (Å²) < 4.78 is 6.33. The molecule has 0 radical (unpaired) electrons. The summed E-state index contributed by atoms with van der Waals surface area (Å²) in [6.45, 7) is 8.65. The molecule has 0 fully saturated rings. The molecule has 0 saturated carbocycles. The van der Waals surface area contributed by atoms with Crippen LogP contribution >= 0.6 is 11.8 Å². The summed E-state index contributed by atoms with van der Waals surface area (Å²) in [5, 5.41) is 3.84. The molecule has 1 aliphatic heterocycles. The van der Waals surface area contributed by atoms with Gasteiger partial charge in [-0.1, -0.05) is 32.0 Å².